The van der Waals surface area contributed by atoms with E-state index in [1.165, 1.54) is 11.8 Å². The van der Waals surface area contributed by atoms with Gasteiger partial charge in [-0.15, -0.1) is 0 Å². The fourth-order valence-corrected chi connectivity index (χ4v) is 1.79. The van der Waals surface area contributed by atoms with E-state index in [1.807, 2.05) is 31.2 Å². The van der Waals surface area contributed by atoms with Crippen molar-refractivity contribution in [2.45, 2.75) is 20.4 Å². The number of ether oxygens (including phenoxy) is 1. The quantitative estimate of drug-likeness (QED) is 0.760. The number of nitrogens with zero attached hydrogens (tertiary/aromatic N) is 1. The Morgan fingerprint density at radius 3 is 2.60 bits per heavy atom. The monoisotopic (exact) mass is 278 g/mol. The Kier molecular flexibility index (Phi) is 6.73. The van der Waals surface area contributed by atoms with Crippen molar-refractivity contribution in [2.24, 2.45) is 0 Å². The molecular formula is C15H22N2O3. The number of hydrogen-bond acceptors (Lipinski definition) is 3. The van der Waals surface area contributed by atoms with Crippen LogP contribution in [0.4, 0.5) is 0 Å². The Hall–Kier alpha value is -1.88. The number of methoxy groups -OCH3 is 1. The maximum Gasteiger partial charge on any atom is 0.239 e. The number of nitrogens with one attached hydrogen (secondary N) is 1. The average Bonchev–Trinajstić information content (AvgIpc) is 2.40. The molecule has 0 aliphatic rings. The highest BCUT2D eigenvalue weighted by atomic mass is 16.5. The van der Waals surface area contributed by atoms with Crippen LogP contribution in [0.25, 0.3) is 0 Å². The second kappa shape index (κ2) is 8.32. The highest BCUT2D eigenvalue weighted by molar-refractivity contribution is 5.83. The molecule has 0 aliphatic carbocycles. The van der Waals surface area contributed by atoms with E-state index < -0.39 is 0 Å². The third-order valence-electron chi connectivity index (χ3n) is 3.03. The van der Waals surface area contributed by atoms with Crippen molar-refractivity contribution in [2.75, 3.05) is 26.8 Å². The summed E-state index contributed by atoms with van der Waals surface area (Å²) in [5.74, 6) is -0.291. The van der Waals surface area contributed by atoms with E-state index in [-0.39, 0.29) is 18.4 Å². The van der Waals surface area contributed by atoms with Gasteiger partial charge in [0.1, 0.15) is 0 Å². The summed E-state index contributed by atoms with van der Waals surface area (Å²) in [6.45, 7) is 4.88. The normalized spacial score (nSPS) is 10.2. The van der Waals surface area contributed by atoms with Crippen LogP contribution in [0.3, 0.4) is 0 Å². The van der Waals surface area contributed by atoms with Crippen LogP contribution in [0.15, 0.2) is 24.3 Å². The molecule has 0 heterocycles. The van der Waals surface area contributed by atoms with Gasteiger partial charge in [0.25, 0.3) is 0 Å². The fourth-order valence-electron chi connectivity index (χ4n) is 1.79. The summed E-state index contributed by atoms with van der Waals surface area (Å²) in [6, 6.07) is 7.84. The van der Waals surface area contributed by atoms with Crippen LogP contribution in [-0.2, 0) is 20.9 Å². The zero-order valence-electron chi connectivity index (χ0n) is 12.3. The minimum atomic E-state index is -0.175. The molecule has 5 heteroatoms. The molecular weight excluding hydrogens is 256 g/mol. The smallest absolute Gasteiger partial charge is 0.239 e. The first-order chi connectivity index (χ1) is 9.54. The summed E-state index contributed by atoms with van der Waals surface area (Å²) < 4.78 is 4.86. The highest BCUT2D eigenvalue weighted by Gasteiger charge is 2.14. The van der Waals surface area contributed by atoms with Crippen molar-refractivity contribution in [1.29, 1.82) is 0 Å². The third-order valence-corrected chi connectivity index (χ3v) is 3.03. The van der Waals surface area contributed by atoms with Gasteiger partial charge in [-0.1, -0.05) is 24.3 Å². The van der Waals surface area contributed by atoms with Gasteiger partial charge in [0.2, 0.25) is 11.8 Å². The zero-order valence-corrected chi connectivity index (χ0v) is 12.3. The van der Waals surface area contributed by atoms with E-state index in [1.54, 1.807) is 7.11 Å². The molecule has 1 aromatic carbocycles. The number of carbonyl (C=O) groups is 2. The van der Waals surface area contributed by atoms with Gasteiger partial charge in [0.15, 0.2) is 0 Å². The van der Waals surface area contributed by atoms with Gasteiger partial charge in [-0.2, -0.15) is 0 Å². The van der Waals surface area contributed by atoms with Crippen molar-refractivity contribution in [3.8, 4) is 0 Å². The Bertz CT molecular complexity index is 460. The predicted molar refractivity (Wildman–Crippen MR) is 77.2 cm³/mol. The van der Waals surface area contributed by atoms with Crippen LogP contribution in [0.2, 0.25) is 0 Å². The van der Waals surface area contributed by atoms with Crippen LogP contribution in [0, 0.1) is 6.92 Å². The number of rotatable bonds is 7. The summed E-state index contributed by atoms with van der Waals surface area (Å²) >= 11 is 0. The maximum absolute atomic E-state index is 11.7. The molecule has 0 saturated heterocycles. The molecule has 0 fully saturated rings. The highest BCUT2D eigenvalue weighted by Crippen LogP contribution is 2.10. The molecule has 1 aromatic rings. The summed E-state index contributed by atoms with van der Waals surface area (Å²) in [5, 5.41) is 2.71. The fraction of sp³-hybridized carbons (Fsp3) is 0.467. The molecule has 1 N–H and O–H groups in total. The first-order valence-corrected chi connectivity index (χ1v) is 6.60. The second-order valence-corrected chi connectivity index (χ2v) is 4.64. The second-order valence-electron chi connectivity index (χ2n) is 4.64. The van der Waals surface area contributed by atoms with Gasteiger partial charge in [-0.25, -0.2) is 0 Å². The molecule has 0 radical (unpaired) electrons. The van der Waals surface area contributed by atoms with E-state index >= 15 is 0 Å². The summed E-state index contributed by atoms with van der Waals surface area (Å²) in [4.78, 5) is 24.9. The Morgan fingerprint density at radius 2 is 2.00 bits per heavy atom. The lowest BCUT2D eigenvalue weighted by atomic mass is 10.1. The standard InChI is InChI=1S/C15H22N2O3/c1-12-6-4-5-7-14(12)10-17(13(2)18)11-15(19)16-8-9-20-3/h4-7H,8-11H2,1-3H3,(H,16,19). The van der Waals surface area contributed by atoms with Gasteiger partial charge < -0.3 is 15.0 Å². The SMILES string of the molecule is COCCNC(=O)CN(Cc1ccccc1C)C(C)=O. The van der Waals surface area contributed by atoms with Crippen LogP contribution in [-0.4, -0.2) is 43.5 Å². The van der Waals surface area contributed by atoms with Gasteiger partial charge in [-0.3, -0.25) is 9.59 Å². The van der Waals surface area contributed by atoms with Gasteiger partial charge >= 0.3 is 0 Å². The molecule has 0 unspecified atom stereocenters. The molecule has 0 spiro atoms. The van der Waals surface area contributed by atoms with Gasteiger partial charge in [0.05, 0.1) is 13.2 Å². The maximum atomic E-state index is 11.7. The molecule has 5 nitrogen and oxygen atoms in total. The van der Waals surface area contributed by atoms with E-state index in [0.717, 1.165) is 11.1 Å². The molecule has 0 aromatic heterocycles. The topological polar surface area (TPSA) is 58.6 Å². The summed E-state index contributed by atoms with van der Waals surface area (Å²) in [6.07, 6.45) is 0. The number of aryl methyl sites for hydroxylation is 1. The first-order valence-electron chi connectivity index (χ1n) is 6.60. The van der Waals surface area contributed by atoms with Crippen molar-refractivity contribution in [3.05, 3.63) is 35.4 Å². The Balaban J connectivity index is 2.59. The van der Waals surface area contributed by atoms with E-state index in [9.17, 15) is 9.59 Å². The molecule has 110 valence electrons. The van der Waals surface area contributed by atoms with E-state index in [0.29, 0.717) is 19.7 Å². The van der Waals surface area contributed by atoms with Crippen LogP contribution in [0.5, 0.6) is 0 Å². The average molecular weight is 278 g/mol. The predicted octanol–water partition coefficient (Wildman–Crippen LogP) is 1.11. The largest absolute Gasteiger partial charge is 0.383 e. The van der Waals surface area contributed by atoms with Crippen molar-refractivity contribution < 1.29 is 14.3 Å². The van der Waals surface area contributed by atoms with E-state index in [4.69, 9.17) is 4.74 Å². The lowest BCUT2D eigenvalue weighted by molar-refractivity contribution is -0.135. The van der Waals surface area contributed by atoms with Crippen LogP contribution in [0.1, 0.15) is 18.1 Å². The minimum absolute atomic E-state index is 0.0629. The number of amides is 2. The third kappa shape index (κ3) is 5.40. The number of hydrogen-bond donors (Lipinski definition) is 1. The molecule has 2 amide bonds. The van der Waals surface area contributed by atoms with Gasteiger partial charge in [-0.05, 0) is 18.1 Å². The first kappa shape index (κ1) is 16.2. The lowest BCUT2D eigenvalue weighted by Crippen LogP contribution is -2.40. The minimum Gasteiger partial charge on any atom is -0.383 e. The van der Waals surface area contributed by atoms with Crippen molar-refractivity contribution in [1.82, 2.24) is 10.2 Å². The summed E-state index contributed by atoms with van der Waals surface area (Å²) in [5.41, 5.74) is 2.16. The molecule has 0 bridgehead atoms. The molecule has 20 heavy (non-hydrogen) atoms. The van der Waals surface area contributed by atoms with E-state index in [2.05, 4.69) is 5.32 Å². The molecule has 0 aliphatic heterocycles. The lowest BCUT2D eigenvalue weighted by Gasteiger charge is -2.21. The number of benzene rings is 1. The Labute approximate surface area is 119 Å². The molecule has 0 saturated carbocycles. The van der Waals surface area contributed by atoms with Crippen molar-refractivity contribution in [3.63, 3.8) is 0 Å². The van der Waals surface area contributed by atoms with Gasteiger partial charge in [0, 0.05) is 27.1 Å². The molecule has 1 rings (SSSR count). The van der Waals surface area contributed by atoms with Crippen LogP contribution >= 0.6 is 0 Å². The van der Waals surface area contributed by atoms with Crippen molar-refractivity contribution >= 4 is 11.8 Å². The van der Waals surface area contributed by atoms with Crippen LogP contribution < -0.4 is 5.32 Å². The number of carbonyl (C=O) groups excluding carboxylic acids is 2. The summed E-state index contributed by atoms with van der Waals surface area (Å²) in [7, 11) is 1.58. The Morgan fingerprint density at radius 1 is 1.30 bits per heavy atom. The zero-order chi connectivity index (χ0) is 15.0. The molecule has 0 atom stereocenters.